The number of carbonyl (C=O) groups is 3. The number of amides is 4. The van der Waals surface area contributed by atoms with Crippen molar-refractivity contribution in [2.24, 2.45) is 0 Å². The van der Waals surface area contributed by atoms with E-state index in [1.165, 1.54) is 13.3 Å². The number of hydrogen-bond acceptors (Lipinski definition) is 6. The van der Waals surface area contributed by atoms with Gasteiger partial charge in [0.1, 0.15) is 11.8 Å². The molecule has 0 unspecified atom stereocenters. The summed E-state index contributed by atoms with van der Waals surface area (Å²) in [6.07, 6.45) is 1.77. The lowest BCUT2D eigenvalue weighted by molar-refractivity contribution is -0.128. The summed E-state index contributed by atoms with van der Waals surface area (Å²) >= 11 is 0. The van der Waals surface area contributed by atoms with Gasteiger partial charge in [0.05, 0.1) is 32.6 Å². The number of aromatic nitrogens is 1. The fraction of sp³-hybridized carbons (Fsp3) is 0.300. The number of nitrogens with zero attached hydrogens (tertiary/aromatic N) is 2. The van der Waals surface area contributed by atoms with Crippen LogP contribution in [0, 0.1) is 0 Å². The molecule has 1 aliphatic heterocycles. The predicted octanol–water partition coefficient (Wildman–Crippen LogP) is 1.94. The molecule has 1 aliphatic rings. The zero-order valence-corrected chi connectivity index (χ0v) is 16.2. The molecule has 0 bridgehead atoms. The number of anilines is 1. The Bertz CT molecular complexity index is 883. The summed E-state index contributed by atoms with van der Waals surface area (Å²) in [5.41, 5.74) is 1.33. The van der Waals surface area contributed by atoms with E-state index in [0.29, 0.717) is 17.3 Å². The maximum Gasteiger partial charge on any atom is 0.325 e. The van der Waals surface area contributed by atoms with Crippen molar-refractivity contribution in [3.63, 3.8) is 0 Å². The van der Waals surface area contributed by atoms with Gasteiger partial charge in [0, 0.05) is 12.5 Å². The van der Waals surface area contributed by atoms with Crippen molar-refractivity contribution in [2.75, 3.05) is 19.5 Å². The second kappa shape index (κ2) is 9.05. The highest BCUT2D eigenvalue weighted by atomic mass is 16.5. The molecule has 0 spiro atoms. The average molecular weight is 398 g/mol. The molecule has 2 aromatic rings. The van der Waals surface area contributed by atoms with Crippen LogP contribution in [0.1, 0.15) is 18.4 Å². The molecule has 1 aromatic heterocycles. The maximum atomic E-state index is 12.5. The molecule has 1 aromatic carbocycles. The van der Waals surface area contributed by atoms with Crippen LogP contribution >= 0.6 is 0 Å². The number of hydrogen-bond donors (Lipinski definition) is 2. The van der Waals surface area contributed by atoms with Gasteiger partial charge in [-0.3, -0.25) is 14.5 Å². The summed E-state index contributed by atoms with van der Waals surface area (Å²) in [4.78, 5) is 42.0. The third-order valence-corrected chi connectivity index (χ3v) is 4.50. The first-order valence-corrected chi connectivity index (χ1v) is 9.05. The van der Waals surface area contributed by atoms with Gasteiger partial charge in [-0.2, -0.15) is 0 Å². The summed E-state index contributed by atoms with van der Waals surface area (Å²) in [5, 5.41) is 5.33. The summed E-state index contributed by atoms with van der Waals surface area (Å²) in [6.45, 7) is 0.162. The number of ether oxygens (including phenoxy) is 2. The second-order valence-electron chi connectivity index (χ2n) is 6.45. The minimum absolute atomic E-state index is 0.0824. The van der Waals surface area contributed by atoms with Crippen molar-refractivity contribution in [3.8, 4) is 11.6 Å². The van der Waals surface area contributed by atoms with E-state index in [2.05, 4.69) is 15.6 Å². The van der Waals surface area contributed by atoms with Crippen LogP contribution in [-0.4, -0.2) is 48.0 Å². The SMILES string of the molecule is COc1ccc(CN2C(=O)N[C@@H](CCC(=O)Nc3ccc(OC)nc3)C2=O)cc1. The molecule has 1 saturated heterocycles. The van der Waals surface area contributed by atoms with E-state index in [0.717, 1.165) is 10.5 Å². The standard InChI is InChI=1S/C20H22N4O5/c1-28-15-6-3-13(4-7-15)12-24-19(26)16(23-20(24)27)8-9-17(25)22-14-5-10-18(29-2)21-11-14/h3-7,10-11,16H,8-9,12H2,1-2H3,(H,22,25)(H,23,27)/t16-/m0/s1. The molecule has 0 aliphatic carbocycles. The molecule has 0 saturated carbocycles. The lowest BCUT2D eigenvalue weighted by Crippen LogP contribution is -2.31. The molecular formula is C20H22N4O5. The van der Waals surface area contributed by atoms with Crippen LogP contribution in [0.15, 0.2) is 42.6 Å². The number of benzene rings is 1. The topological polar surface area (TPSA) is 110 Å². The number of nitrogens with one attached hydrogen (secondary N) is 2. The molecular weight excluding hydrogens is 376 g/mol. The fourth-order valence-corrected chi connectivity index (χ4v) is 2.91. The van der Waals surface area contributed by atoms with Crippen LogP contribution in [0.5, 0.6) is 11.6 Å². The molecule has 152 valence electrons. The molecule has 1 fully saturated rings. The first-order chi connectivity index (χ1) is 14.0. The highest BCUT2D eigenvalue weighted by Crippen LogP contribution is 2.18. The summed E-state index contributed by atoms with van der Waals surface area (Å²) in [5.74, 6) is 0.526. The smallest absolute Gasteiger partial charge is 0.325 e. The molecule has 4 amide bonds. The number of rotatable bonds is 8. The first kappa shape index (κ1) is 20.1. The average Bonchev–Trinajstić information content (AvgIpc) is 3.01. The van der Waals surface area contributed by atoms with Crippen LogP contribution < -0.4 is 20.1 Å². The van der Waals surface area contributed by atoms with E-state index in [-0.39, 0.29) is 31.2 Å². The Morgan fingerprint density at radius 3 is 2.52 bits per heavy atom. The summed E-state index contributed by atoms with van der Waals surface area (Å²) in [6, 6.07) is 9.24. The van der Waals surface area contributed by atoms with Crippen molar-refractivity contribution < 1.29 is 23.9 Å². The Morgan fingerprint density at radius 2 is 1.90 bits per heavy atom. The number of methoxy groups -OCH3 is 2. The summed E-state index contributed by atoms with van der Waals surface area (Å²) in [7, 11) is 3.07. The molecule has 9 nitrogen and oxygen atoms in total. The molecule has 3 rings (SSSR count). The van der Waals surface area contributed by atoms with Gasteiger partial charge >= 0.3 is 6.03 Å². The third kappa shape index (κ3) is 5.01. The van der Waals surface area contributed by atoms with Crippen molar-refractivity contribution in [1.82, 2.24) is 15.2 Å². The Kier molecular flexibility index (Phi) is 6.28. The van der Waals surface area contributed by atoms with Gasteiger partial charge < -0.3 is 20.1 Å². The van der Waals surface area contributed by atoms with E-state index in [1.807, 2.05) is 0 Å². The second-order valence-corrected chi connectivity index (χ2v) is 6.45. The third-order valence-electron chi connectivity index (χ3n) is 4.50. The van der Waals surface area contributed by atoms with Gasteiger partial charge in [-0.05, 0) is 30.2 Å². The molecule has 1 atom stereocenters. The molecule has 2 N–H and O–H groups in total. The minimum atomic E-state index is -0.722. The van der Waals surface area contributed by atoms with Gasteiger partial charge in [-0.25, -0.2) is 9.78 Å². The maximum absolute atomic E-state index is 12.5. The zero-order valence-electron chi connectivity index (χ0n) is 16.2. The lowest BCUT2D eigenvalue weighted by atomic mass is 10.1. The zero-order chi connectivity index (χ0) is 20.8. The Hall–Kier alpha value is -3.62. The van der Waals surface area contributed by atoms with Crippen molar-refractivity contribution in [1.29, 1.82) is 0 Å². The van der Waals surface area contributed by atoms with Gasteiger partial charge in [-0.15, -0.1) is 0 Å². The van der Waals surface area contributed by atoms with Gasteiger partial charge in [0.25, 0.3) is 5.91 Å². The monoisotopic (exact) mass is 398 g/mol. The van der Waals surface area contributed by atoms with Crippen molar-refractivity contribution >= 4 is 23.5 Å². The highest BCUT2D eigenvalue weighted by molar-refractivity contribution is 6.04. The van der Waals surface area contributed by atoms with E-state index in [4.69, 9.17) is 9.47 Å². The largest absolute Gasteiger partial charge is 0.497 e. The highest BCUT2D eigenvalue weighted by Gasteiger charge is 2.37. The molecule has 9 heteroatoms. The van der Waals surface area contributed by atoms with Crippen LogP contribution in [-0.2, 0) is 16.1 Å². The number of pyridine rings is 1. The molecule has 29 heavy (non-hydrogen) atoms. The Labute approximate surface area is 168 Å². The predicted molar refractivity (Wildman–Crippen MR) is 105 cm³/mol. The fourth-order valence-electron chi connectivity index (χ4n) is 2.91. The normalized spacial score (nSPS) is 15.8. The number of carbonyl (C=O) groups excluding carboxylic acids is 3. The van der Waals surface area contributed by atoms with Crippen LogP contribution in [0.3, 0.4) is 0 Å². The number of imide groups is 1. The quantitative estimate of drug-likeness (QED) is 0.658. The molecule has 0 radical (unpaired) electrons. The van der Waals surface area contributed by atoms with Crippen LogP contribution in [0.4, 0.5) is 10.5 Å². The van der Waals surface area contributed by atoms with Crippen LogP contribution in [0.2, 0.25) is 0 Å². The van der Waals surface area contributed by atoms with E-state index in [1.54, 1.807) is 43.5 Å². The summed E-state index contributed by atoms with van der Waals surface area (Å²) < 4.78 is 10.1. The minimum Gasteiger partial charge on any atom is -0.497 e. The van der Waals surface area contributed by atoms with E-state index in [9.17, 15) is 14.4 Å². The van der Waals surface area contributed by atoms with Crippen molar-refractivity contribution in [3.05, 3.63) is 48.2 Å². The van der Waals surface area contributed by atoms with Gasteiger partial charge in [0.2, 0.25) is 11.8 Å². The Balaban J connectivity index is 1.51. The van der Waals surface area contributed by atoms with Crippen molar-refractivity contribution in [2.45, 2.75) is 25.4 Å². The molecule has 2 heterocycles. The van der Waals surface area contributed by atoms with Gasteiger partial charge in [-0.1, -0.05) is 12.1 Å². The Morgan fingerprint density at radius 1 is 1.14 bits per heavy atom. The first-order valence-electron chi connectivity index (χ1n) is 9.05. The van der Waals surface area contributed by atoms with Gasteiger partial charge in [0.15, 0.2) is 0 Å². The van der Waals surface area contributed by atoms with Crippen LogP contribution in [0.25, 0.3) is 0 Å². The number of urea groups is 1. The lowest BCUT2D eigenvalue weighted by Gasteiger charge is -2.13. The van der Waals surface area contributed by atoms with E-state index >= 15 is 0 Å². The van der Waals surface area contributed by atoms with E-state index < -0.39 is 12.1 Å².